The van der Waals surface area contributed by atoms with Crippen LogP contribution in [0.3, 0.4) is 0 Å². The number of hydrogen-bond donors (Lipinski definition) is 1. The van der Waals surface area contributed by atoms with Crippen molar-refractivity contribution in [2.75, 3.05) is 18.1 Å². The van der Waals surface area contributed by atoms with Crippen molar-refractivity contribution in [3.63, 3.8) is 0 Å². The second-order valence-corrected chi connectivity index (χ2v) is 8.68. The second kappa shape index (κ2) is 4.96. The molecule has 1 N–H and O–H groups in total. The van der Waals surface area contributed by atoms with Gasteiger partial charge in [-0.25, -0.2) is 8.42 Å². The number of aromatic nitrogens is 2. The Kier molecular flexibility index (Phi) is 3.51. The third kappa shape index (κ3) is 3.36. The van der Waals surface area contributed by atoms with Gasteiger partial charge in [0.2, 0.25) is 0 Å². The van der Waals surface area contributed by atoms with Gasteiger partial charge in [0.05, 0.1) is 17.5 Å². The van der Waals surface area contributed by atoms with Crippen LogP contribution >= 0.6 is 0 Å². The quantitative estimate of drug-likeness (QED) is 0.889. The molecule has 1 saturated carbocycles. The first-order valence-corrected chi connectivity index (χ1v) is 8.97. The largest absolute Gasteiger partial charge is 0.435 e. The Bertz CT molecular complexity index is 738. The predicted octanol–water partition coefficient (Wildman–Crippen LogP) is 1.40. The van der Waals surface area contributed by atoms with Gasteiger partial charge in [0.25, 0.3) is 5.91 Å². The molecule has 3 rings (SSSR count). The molecule has 2 aliphatic rings. The normalized spacial score (nSPS) is 22.4. The Hall–Kier alpha value is -1.58. The predicted molar refractivity (Wildman–Crippen MR) is 74.6 cm³/mol. The van der Waals surface area contributed by atoms with Gasteiger partial charge in [0.15, 0.2) is 15.5 Å². The lowest BCUT2D eigenvalue weighted by molar-refractivity contribution is -0.141. The van der Waals surface area contributed by atoms with Gasteiger partial charge in [0.1, 0.15) is 5.69 Å². The van der Waals surface area contributed by atoms with Crippen molar-refractivity contribution in [2.45, 2.75) is 32.0 Å². The van der Waals surface area contributed by atoms with Crippen molar-refractivity contribution in [1.29, 1.82) is 0 Å². The summed E-state index contributed by atoms with van der Waals surface area (Å²) in [6, 6.07) is 0.569. The summed E-state index contributed by atoms with van der Waals surface area (Å²) in [5, 5.41) is 6.04. The minimum atomic E-state index is -4.61. The molecule has 1 aromatic rings. The molecule has 0 spiro atoms. The fourth-order valence-electron chi connectivity index (χ4n) is 2.81. The van der Waals surface area contributed by atoms with Crippen molar-refractivity contribution in [2.24, 2.45) is 5.41 Å². The topological polar surface area (TPSA) is 81.1 Å². The van der Waals surface area contributed by atoms with Crippen LogP contribution in [0.1, 0.15) is 42.0 Å². The summed E-state index contributed by atoms with van der Waals surface area (Å²) >= 11 is 0. The molecule has 0 unspecified atom stereocenters. The van der Waals surface area contributed by atoms with Crippen LogP contribution in [-0.4, -0.2) is 42.2 Å². The third-order valence-electron chi connectivity index (χ3n) is 3.96. The maximum atomic E-state index is 12.8. The number of amides is 1. The Morgan fingerprint density at radius 2 is 2.04 bits per heavy atom. The number of carbonyl (C=O) groups is 1. The van der Waals surface area contributed by atoms with Gasteiger partial charge < -0.3 is 5.32 Å². The summed E-state index contributed by atoms with van der Waals surface area (Å²) < 4.78 is 61.9. The number of halogens is 3. The Labute approximate surface area is 131 Å². The molecular formula is C13H16F3N3O3S. The highest BCUT2D eigenvalue weighted by atomic mass is 32.2. The monoisotopic (exact) mass is 351 g/mol. The average molecular weight is 351 g/mol. The minimum absolute atomic E-state index is 0.0318. The molecule has 1 aliphatic carbocycles. The highest BCUT2D eigenvalue weighted by molar-refractivity contribution is 7.92. The van der Waals surface area contributed by atoms with Gasteiger partial charge in [-0.05, 0) is 12.8 Å². The molecule has 128 valence electrons. The van der Waals surface area contributed by atoms with Crippen LogP contribution in [0.25, 0.3) is 0 Å². The zero-order chi connectivity index (χ0) is 17.0. The Morgan fingerprint density at radius 3 is 2.52 bits per heavy atom. The molecule has 1 amide bonds. The molecular weight excluding hydrogens is 335 g/mol. The van der Waals surface area contributed by atoms with Crippen LogP contribution < -0.4 is 5.32 Å². The number of rotatable bonds is 4. The van der Waals surface area contributed by atoms with Gasteiger partial charge in [-0.2, -0.15) is 18.3 Å². The van der Waals surface area contributed by atoms with Gasteiger partial charge in [-0.1, -0.05) is 6.92 Å². The second-order valence-electron chi connectivity index (χ2n) is 6.61. The molecule has 1 aliphatic heterocycles. The smallest absolute Gasteiger partial charge is 0.350 e. The van der Waals surface area contributed by atoms with Gasteiger partial charge in [-0.3, -0.25) is 9.48 Å². The van der Waals surface area contributed by atoms with E-state index in [9.17, 15) is 26.4 Å². The number of nitrogens with one attached hydrogen (secondary N) is 1. The fraction of sp³-hybridized carbons (Fsp3) is 0.692. The lowest BCUT2D eigenvalue weighted by Crippen LogP contribution is -2.53. The number of alkyl halides is 3. The Morgan fingerprint density at radius 1 is 1.43 bits per heavy atom. The molecule has 1 aromatic heterocycles. The van der Waals surface area contributed by atoms with E-state index >= 15 is 0 Å². The van der Waals surface area contributed by atoms with Gasteiger partial charge in [0, 0.05) is 18.0 Å². The summed E-state index contributed by atoms with van der Waals surface area (Å²) in [6.45, 7) is 1.82. The van der Waals surface area contributed by atoms with Crippen molar-refractivity contribution >= 4 is 15.7 Å². The highest BCUT2D eigenvalue weighted by Crippen LogP contribution is 2.38. The molecule has 0 atom stereocenters. The molecule has 0 aromatic carbocycles. The van der Waals surface area contributed by atoms with E-state index in [1.807, 2.05) is 0 Å². The van der Waals surface area contributed by atoms with E-state index in [1.54, 1.807) is 6.92 Å². The Balaban J connectivity index is 1.73. The van der Waals surface area contributed by atoms with Crippen LogP contribution in [0.5, 0.6) is 0 Å². The van der Waals surface area contributed by atoms with Crippen LogP contribution in [0.2, 0.25) is 0 Å². The van der Waals surface area contributed by atoms with E-state index in [0.29, 0.717) is 12.8 Å². The molecule has 0 radical (unpaired) electrons. The van der Waals surface area contributed by atoms with Crippen molar-refractivity contribution in [1.82, 2.24) is 15.1 Å². The number of carbonyl (C=O) groups excluding carboxylic acids is 1. The number of hydrogen-bond acceptors (Lipinski definition) is 4. The average Bonchev–Trinajstić information content (AvgIpc) is 3.10. The van der Waals surface area contributed by atoms with Crippen molar-refractivity contribution in [3.05, 3.63) is 17.5 Å². The highest BCUT2D eigenvalue weighted by Gasteiger charge is 2.45. The molecule has 0 bridgehead atoms. The standard InChI is InChI=1S/C13H16F3N3O3S/c1-12(6-23(21,22)7-12)5-17-11(20)9-4-10(13(14,15)16)18-19(9)8-2-3-8/h4,8H,2-3,5-7H2,1H3,(H,17,20). The summed E-state index contributed by atoms with van der Waals surface area (Å²) in [5.74, 6) is -0.725. The fourth-order valence-corrected chi connectivity index (χ4v) is 5.05. The van der Waals surface area contributed by atoms with Crippen LogP contribution in [0, 0.1) is 5.41 Å². The number of nitrogens with zero attached hydrogens (tertiary/aromatic N) is 2. The van der Waals surface area contributed by atoms with E-state index in [-0.39, 0.29) is 29.8 Å². The molecule has 6 nitrogen and oxygen atoms in total. The first kappa shape index (κ1) is 16.3. The maximum Gasteiger partial charge on any atom is 0.435 e. The van der Waals surface area contributed by atoms with E-state index in [0.717, 1.165) is 10.7 Å². The third-order valence-corrected chi connectivity index (χ3v) is 6.24. The van der Waals surface area contributed by atoms with Gasteiger partial charge >= 0.3 is 6.18 Å². The zero-order valence-electron chi connectivity index (χ0n) is 12.4. The molecule has 2 heterocycles. The molecule has 2 fully saturated rings. The SMILES string of the molecule is CC1(CNC(=O)c2cc(C(F)(F)F)nn2C2CC2)CS(=O)(=O)C1. The molecule has 23 heavy (non-hydrogen) atoms. The van der Waals surface area contributed by atoms with Crippen LogP contribution in [-0.2, 0) is 16.0 Å². The minimum Gasteiger partial charge on any atom is -0.350 e. The zero-order valence-corrected chi connectivity index (χ0v) is 13.2. The number of sulfone groups is 1. The van der Waals surface area contributed by atoms with Crippen LogP contribution in [0.15, 0.2) is 6.07 Å². The van der Waals surface area contributed by atoms with Crippen LogP contribution in [0.4, 0.5) is 13.2 Å². The van der Waals surface area contributed by atoms with Crippen molar-refractivity contribution < 1.29 is 26.4 Å². The van der Waals surface area contributed by atoms with Gasteiger partial charge in [-0.15, -0.1) is 0 Å². The molecule has 1 saturated heterocycles. The summed E-state index contributed by atoms with van der Waals surface area (Å²) in [6.07, 6.45) is -3.23. The summed E-state index contributed by atoms with van der Waals surface area (Å²) in [4.78, 5) is 12.2. The first-order valence-electron chi connectivity index (χ1n) is 7.15. The van der Waals surface area contributed by atoms with E-state index in [1.165, 1.54) is 0 Å². The molecule has 10 heteroatoms. The van der Waals surface area contributed by atoms with E-state index in [2.05, 4.69) is 10.4 Å². The maximum absolute atomic E-state index is 12.8. The summed E-state index contributed by atoms with van der Waals surface area (Å²) in [5.41, 5.74) is -1.79. The van der Waals surface area contributed by atoms with Crippen molar-refractivity contribution in [3.8, 4) is 0 Å². The van der Waals surface area contributed by atoms with E-state index in [4.69, 9.17) is 0 Å². The lowest BCUT2D eigenvalue weighted by atomic mass is 9.95. The lowest BCUT2D eigenvalue weighted by Gasteiger charge is -2.37. The summed E-state index contributed by atoms with van der Waals surface area (Å²) in [7, 11) is -3.05. The van der Waals surface area contributed by atoms with E-state index < -0.39 is 33.0 Å². The first-order chi connectivity index (χ1) is 10.5.